The van der Waals surface area contributed by atoms with Crippen molar-refractivity contribution in [3.63, 3.8) is 0 Å². The predicted octanol–water partition coefficient (Wildman–Crippen LogP) is 6.10. The average molecular weight is 1080 g/mol. The Morgan fingerprint density at radius 3 is 0.924 bits per heavy atom. The first-order valence-corrected chi connectivity index (χ1v) is 25.0. The topological polar surface area (TPSA) is 250 Å². The van der Waals surface area contributed by atoms with E-state index in [-0.39, 0.29) is 33.4 Å². The first kappa shape index (κ1) is 55.1. The Bertz CT molecular complexity index is 3020. The molecule has 3 saturated heterocycles. The van der Waals surface area contributed by atoms with Gasteiger partial charge in [0.15, 0.2) is 43.3 Å². The molecule has 12 atom stereocenters. The monoisotopic (exact) mass is 1080 g/mol. The normalized spacial score (nSPS) is 25.0. The fraction of sp³-hybridized carbons (Fsp3) is 0.271. The minimum Gasteiger partial charge on any atom is -0.463 e. The van der Waals surface area contributed by atoms with Gasteiger partial charge in [-0.05, 0) is 72.8 Å². The van der Waals surface area contributed by atoms with Crippen LogP contribution in [-0.2, 0) is 61.6 Å². The molecular formula is C59H52O20. The maximum atomic E-state index is 14.0. The van der Waals surface area contributed by atoms with Gasteiger partial charge in [-0.1, -0.05) is 109 Å². The van der Waals surface area contributed by atoms with E-state index in [1.165, 1.54) is 72.8 Å². The summed E-state index contributed by atoms with van der Waals surface area (Å²) in [5.74, 6) is -5.93. The van der Waals surface area contributed by atoms with Crippen LogP contribution < -0.4 is 0 Å². The summed E-state index contributed by atoms with van der Waals surface area (Å²) < 4.78 is 72.9. The van der Waals surface area contributed by atoms with Crippen LogP contribution in [0.5, 0.6) is 0 Å². The molecule has 0 aliphatic carbocycles. The summed E-state index contributed by atoms with van der Waals surface area (Å²) in [5.41, 5.74) is 0.700. The van der Waals surface area contributed by atoms with Crippen molar-refractivity contribution in [3.05, 3.63) is 215 Å². The second-order valence-corrected chi connectivity index (χ2v) is 18.0. The Morgan fingerprint density at radius 1 is 0.342 bits per heavy atom. The van der Waals surface area contributed by atoms with E-state index in [0.29, 0.717) is 0 Å². The molecule has 0 amide bonds. The van der Waals surface area contributed by atoms with Crippen molar-refractivity contribution < 1.29 is 95.5 Å². The SMILES string of the molecule is CC(=O)OC[C@H]1O[C@H](O)[C@@H](O[C@H]2O[C@H](COC(=O)c3ccccc3)[C@@H](OC(=O)c3ccccc3)[C@@H]2OC(=O)c2ccccc2)[C@@H]1O[C@H]1O[C@H](COC(=O)c2ccccc2)[C@@H](OC(=O)c2ccccc2)[C@@H]1OC(=O)c1ccccc1. The van der Waals surface area contributed by atoms with Crippen molar-refractivity contribution in [1.29, 1.82) is 0 Å². The summed E-state index contributed by atoms with van der Waals surface area (Å²) in [6.45, 7) is -0.650. The van der Waals surface area contributed by atoms with Crippen LogP contribution in [-0.4, -0.2) is 141 Å². The van der Waals surface area contributed by atoms with Gasteiger partial charge in [-0.2, -0.15) is 0 Å². The van der Waals surface area contributed by atoms with Crippen LogP contribution in [0, 0.1) is 0 Å². The lowest BCUT2D eigenvalue weighted by Gasteiger charge is -2.31. The van der Waals surface area contributed by atoms with Crippen molar-refractivity contribution in [3.8, 4) is 0 Å². The fourth-order valence-electron chi connectivity index (χ4n) is 8.76. The molecule has 0 spiro atoms. The smallest absolute Gasteiger partial charge is 0.338 e. The maximum absolute atomic E-state index is 14.0. The van der Waals surface area contributed by atoms with Crippen molar-refractivity contribution in [2.45, 2.75) is 80.7 Å². The van der Waals surface area contributed by atoms with Gasteiger partial charge in [0.2, 0.25) is 0 Å². The summed E-state index contributed by atoms with van der Waals surface area (Å²) in [5, 5.41) is 11.8. The standard InChI is InChI=1S/C59H52O20/c1-35(60)68-32-42-45(78-58-49(76-55(65)40-28-16-6-17-29-40)46(74-53(63)38-24-12-4-13-25-38)43(72-58)33-69-51(61)36-20-8-2-9-21-36)48(57(67)71-42)79-59-50(77-56(66)41-30-18-7-19-31-41)47(75-54(64)39-26-14-5-15-27-39)44(73-59)34-70-52(62)37-22-10-3-11-23-37/h2-31,42-50,57-59,67H,32-34H2,1H3/t42-,43-,44-,45-,46-,47-,48+,49+,50+,57+,58-,59-/m1/s1. The van der Waals surface area contributed by atoms with E-state index >= 15 is 0 Å². The lowest BCUT2D eigenvalue weighted by molar-refractivity contribution is -0.259. The molecule has 20 nitrogen and oxygen atoms in total. The number of aliphatic hydroxyl groups is 1. The number of benzene rings is 6. The number of hydrogen-bond acceptors (Lipinski definition) is 20. The highest BCUT2D eigenvalue weighted by molar-refractivity contribution is 5.92. The molecule has 3 aliphatic heterocycles. The van der Waals surface area contributed by atoms with Gasteiger partial charge in [-0.3, -0.25) is 4.79 Å². The molecule has 1 N–H and O–H groups in total. The summed E-state index contributed by atoms with van der Waals surface area (Å²) in [7, 11) is 0. The van der Waals surface area contributed by atoms with E-state index in [0.717, 1.165) is 6.92 Å². The molecular weight excluding hydrogens is 1030 g/mol. The number of carbonyl (C=O) groups is 7. The van der Waals surface area contributed by atoms with Crippen LogP contribution in [0.4, 0.5) is 0 Å². The quantitative estimate of drug-likeness (QED) is 0.0669. The average Bonchev–Trinajstić information content (AvgIpc) is 4.09. The summed E-state index contributed by atoms with van der Waals surface area (Å²) in [6.07, 6.45) is -19.8. The third-order valence-electron chi connectivity index (χ3n) is 12.6. The van der Waals surface area contributed by atoms with E-state index in [2.05, 4.69) is 0 Å². The van der Waals surface area contributed by atoms with Gasteiger partial charge in [-0.15, -0.1) is 0 Å². The molecule has 0 unspecified atom stereocenters. The minimum atomic E-state index is -1.99. The Hall–Kier alpha value is -8.63. The van der Waals surface area contributed by atoms with E-state index in [1.807, 2.05) is 0 Å². The van der Waals surface area contributed by atoms with Gasteiger partial charge < -0.3 is 61.9 Å². The zero-order valence-electron chi connectivity index (χ0n) is 42.1. The van der Waals surface area contributed by atoms with Crippen LogP contribution in [0.2, 0.25) is 0 Å². The fourth-order valence-corrected chi connectivity index (χ4v) is 8.76. The largest absolute Gasteiger partial charge is 0.463 e. The minimum absolute atomic E-state index is 0.0706. The summed E-state index contributed by atoms with van der Waals surface area (Å²) >= 11 is 0. The predicted molar refractivity (Wildman–Crippen MR) is 271 cm³/mol. The highest BCUT2D eigenvalue weighted by Crippen LogP contribution is 2.38. The van der Waals surface area contributed by atoms with Gasteiger partial charge in [0.1, 0.15) is 50.3 Å². The Kier molecular flexibility index (Phi) is 18.2. The highest BCUT2D eigenvalue weighted by atomic mass is 16.8. The molecule has 0 saturated carbocycles. The second-order valence-electron chi connectivity index (χ2n) is 18.0. The third-order valence-corrected chi connectivity index (χ3v) is 12.6. The molecule has 79 heavy (non-hydrogen) atoms. The number of esters is 7. The van der Waals surface area contributed by atoms with Crippen LogP contribution in [0.25, 0.3) is 0 Å². The van der Waals surface area contributed by atoms with Crippen molar-refractivity contribution in [2.75, 3.05) is 19.8 Å². The molecule has 0 radical (unpaired) electrons. The molecule has 0 aromatic heterocycles. The molecule has 3 heterocycles. The third kappa shape index (κ3) is 13.9. The van der Waals surface area contributed by atoms with Gasteiger partial charge in [0.25, 0.3) is 0 Å². The molecule has 6 aromatic rings. The van der Waals surface area contributed by atoms with E-state index in [4.69, 9.17) is 56.8 Å². The van der Waals surface area contributed by atoms with Gasteiger partial charge in [-0.25, -0.2) is 28.8 Å². The van der Waals surface area contributed by atoms with Crippen LogP contribution in [0.3, 0.4) is 0 Å². The van der Waals surface area contributed by atoms with Crippen LogP contribution in [0.1, 0.15) is 69.1 Å². The lowest BCUT2D eigenvalue weighted by Crippen LogP contribution is -2.49. The molecule has 408 valence electrons. The summed E-state index contributed by atoms with van der Waals surface area (Å²) in [4.78, 5) is 94.9. The Labute approximate surface area is 451 Å². The zero-order valence-corrected chi connectivity index (χ0v) is 42.1. The first-order valence-electron chi connectivity index (χ1n) is 25.0. The van der Waals surface area contributed by atoms with Gasteiger partial charge in [0.05, 0.1) is 33.4 Å². The first-order chi connectivity index (χ1) is 38.4. The van der Waals surface area contributed by atoms with Gasteiger partial charge >= 0.3 is 41.8 Å². The summed E-state index contributed by atoms with van der Waals surface area (Å²) in [6, 6.07) is 47.3. The van der Waals surface area contributed by atoms with Crippen molar-refractivity contribution >= 4 is 41.8 Å². The molecule has 3 aliphatic rings. The number of rotatable bonds is 20. The van der Waals surface area contributed by atoms with E-state index in [1.54, 1.807) is 109 Å². The highest BCUT2D eigenvalue weighted by Gasteiger charge is 2.58. The van der Waals surface area contributed by atoms with Crippen LogP contribution in [0.15, 0.2) is 182 Å². The van der Waals surface area contributed by atoms with Crippen molar-refractivity contribution in [2.24, 2.45) is 0 Å². The number of hydrogen-bond donors (Lipinski definition) is 1. The number of carbonyl (C=O) groups excluding carboxylic acids is 7. The van der Waals surface area contributed by atoms with E-state index < -0.39 is 135 Å². The van der Waals surface area contributed by atoms with E-state index in [9.17, 15) is 38.7 Å². The van der Waals surface area contributed by atoms with Gasteiger partial charge in [0, 0.05) is 6.92 Å². The van der Waals surface area contributed by atoms with Crippen molar-refractivity contribution in [1.82, 2.24) is 0 Å². The zero-order chi connectivity index (χ0) is 55.3. The number of aliphatic hydroxyl groups excluding tert-OH is 1. The number of ether oxygens (including phenoxy) is 12. The molecule has 6 aromatic carbocycles. The Morgan fingerprint density at radius 2 is 0.608 bits per heavy atom. The molecule has 0 bridgehead atoms. The molecule has 20 heteroatoms. The van der Waals surface area contributed by atoms with Crippen LogP contribution >= 0.6 is 0 Å². The Balaban J connectivity index is 1.07. The second kappa shape index (κ2) is 26.1. The molecule has 9 rings (SSSR count). The lowest BCUT2D eigenvalue weighted by atomic mass is 10.1. The maximum Gasteiger partial charge on any atom is 0.338 e. The molecule has 3 fully saturated rings.